The molecule has 0 aliphatic heterocycles. The van der Waals surface area contributed by atoms with Crippen molar-refractivity contribution in [1.29, 1.82) is 0 Å². The number of carbonyl (C=O) groups excluding carboxylic acids is 1. The van der Waals surface area contributed by atoms with Crippen LogP contribution in [0.2, 0.25) is 5.02 Å². The first kappa shape index (κ1) is 12.4. The average Bonchev–Trinajstić information content (AvgIpc) is 2.28. The predicted octanol–water partition coefficient (Wildman–Crippen LogP) is 1.04. The zero-order valence-corrected chi connectivity index (χ0v) is 11.4. The second kappa shape index (κ2) is 5.05. The number of carbonyl (C=O) groups is 1. The fraction of sp³-hybridized carbons (Fsp3) is 0.0909. The maximum Gasteiger partial charge on any atom is 0.255 e. The monoisotopic (exact) mass is 363 g/mol. The molecule has 88 valence electrons. The van der Waals surface area contributed by atoms with Gasteiger partial charge in [-0.1, -0.05) is 11.6 Å². The van der Waals surface area contributed by atoms with Crippen LogP contribution in [0, 0.1) is 3.57 Å². The summed E-state index contributed by atoms with van der Waals surface area (Å²) in [6.07, 6.45) is 1.72. The van der Waals surface area contributed by atoms with Crippen molar-refractivity contribution in [2.75, 3.05) is 6.61 Å². The number of aromatic nitrogens is 1. The normalized spacial score (nSPS) is 10.5. The number of carboxylic acids is 1. The SMILES string of the molecule is O=C([O-])COc1c(I)cc(Cl)c2ccc[nH+]c12. The number of nitrogens with one attached hydrogen (secondary N) is 1. The van der Waals surface area contributed by atoms with Crippen molar-refractivity contribution in [3.05, 3.63) is 33.0 Å². The number of benzene rings is 1. The third kappa shape index (κ3) is 2.61. The molecule has 0 saturated carbocycles. The molecular formula is C11H7ClINO3. The molecule has 1 aromatic carbocycles. The Morgan fingerprint density at radius 3 is 3.06 bits per heavy atom. The number of pyridine rings is 1. The quantitative estimate of drug-likeness (QED) is 0.766. The molecule has 1 aromatic heterocycles. The number of carboxylic acid groups (broad SMARTS) is 1. The minimum atomic E-state index is -1.26. The van der Waals surface area contributed by atoms with E-state index in [0.29, 0.717) is 16.3 Å². The van der Waals surface area contributed by atoms with Gasteiger partial charge < -0.3 is 14.6 Å². The van der Waals surface area contributed by atoms with Crippen molar-refractivity contribution in [2.24, 2.45) is 0 Å². The van der Waals surface area contributed by atoms with Crippen molar-refractivity contribution in [3.8, 4) is 5.75 Å². The van der Waals surface area contributed by atoms with E-state index in [-0.39, 0.29) is 0 Å². The lowest BCUT2D eigenvalue weighted by Gasteiger charge is -2.09. The Balaban J connectivity index is 2.57. The van der Waals surface area contributed by atoms with E-state index in [9.17, 15) is 9.90 Å². The van der Waals surface area contributed by atoms with E-state index in [1.165, 1.54) is 0 Å². The van der Waals surface area contributed by atoms with Crippen molar-refractivity contribution in [1.82, 2.24) is 0 Å². The number of aromatic amines is 1. The molecule has 0 aliphatic carbocycles. The second-order valence-electron chi connectivity index (χ2n) is 3.29. The summed E-state index contributed by atoms with van der Waals surface area (Å²) >= 11 is 8.13. The molecule has 1 N–H and O–H groups in total. The van der Waals surface area contributed by atoms with Crippen LogP contribution in [-0.2, 0) is 4.79 Å². The fourth-order valence-electron chi connectivity index (χ4n) is 1.47. The topological polar surface area (TPSA) is 63.5 Å². The number of fused-ring (bicyclic) bond motifs is 1. The highest BCUT2D eigenvalue weighted by atomic mass is 127. The maximum atomic E-state index is 10.4. The zero-order chi connectivity index (χ0) is 12.4. The van der Waals surface area contributed by atoms with Crippen LogP contribution in [0.1, 0.15) is 0 Å². The molecule has 0 fully saturated rings. The first-order chi connectivity index (χ1) is 8.09. The van der Waals surface area contributed by atoms with E-state index in [1.54, 1.807) is 12.3 Å². The Bertz CT molecular complexity index is 588. The van der Waals surface area contributed by atoms with Crippen molar-refractivity contribution in [2.45, 2.75) is 0 Å². The third-order valence-electron chi connectivity index (χ3n) is 2.15. The lowest BCUT2D eigenvalue weighted by atomic mass is 10.2. The number of ether oxygens (including phenoxy) is 1. The van der Waals surface area contributed by atoms with E-state index in [2.05, 4.69) is 4.98 Å². The molecule has 6 heteroatoms. The molecule has 4 nitrogen and oxygen atoms in total. The largest absolute Gasteiger partial charge is 0.546 e. The zero-order valence-electron chi connectivity index (χ0n) is 8.50. The number of rotatable bonds is 3. The Morgan fingerprint density at radius 1 is 1.59 bits per heavy atom. The van der Waals surface area contributed by atoms with E-state index in [1.807, 2.05) is 34.7 Å². The summed E-state index contributed by atoms with van der Waals surface area (Å²) in [5.41, 5.74) is 0.672. The minimum Gasteiger partial charge on any atom is -0.546 e. The predicted molar refractivity (Wildman–Crippen MR) is 68.7 cm³/mol. The summed E-state index contributed by atoms with van der Waals surface area (Å²) < 4.78 is 5.95. The van der Waals surface area contributed by atoms with Crippen LogP contribution < -0.4 is 14.8 Å². The van der Waals surface area contributed by atoms with Crippen LogP contribution in [0.3, 0.4) is 0 Å². The van der Waals surface area contributed by atoms with Gasteiger partial charge >= 0.3 is 0 Å². The Morgan fingerprint density at radius 2 is 2.35 bits per heavy atom. The first-order valence-electron chi connectivity index (χ1n) is 4.70. The molecule has 2 aromatic rings. The summed E-state index contributed by atoms with van der Waals surface area (Å²) in [5, 5.41) is 11.8. The summed E-state index contributed by atoms with van der Waals surface area (Å²) in [5.74, 6) is -0.797. The van der Waals surface area contributed by atoms with Crippen LogP contribution >= 0.6 is 34.2 Å². The Kier molecular flexibility index (Phi) is 3.68. The van der Waals surface area contributed by atoms with Gasteiger partial charge in [-0.2, -0.15) is 0 Å². The van der Waals surface area contributed by atoms with Crippen molar-refractivity contribution in [3.63, 3.8) is 0 Å². The van der Waals surface area contributed by atoms with Crippen molar-refractivity contribution < 1.29 is 19.6 Å². The first-order valence-corrected chi connectivity index (χ1v) is 6.16. The van der Waals surface area contributed by atoms with Crippen LogP contribution in [-0.4, -0.2) is 12.6 Å². The van der Waals surface area contributed by atoms with Gasteiger partial charge in [-0.25, -0.2) is 4.98 Å². The van der Waals surface area contributed by atoms with Gasteiger partial charge in [0.25, 0.3) is 5.52 Å². The van der Waals surface area contributed by atoms with E-state index in [0.717, 1.165) is 8.96 Å². The number of halogens is 2. The van der Waals surface area contributed by atoms with Gasteiger partial charge in [0.2, 0.25) is 5.75 Å². The highest BCUT2D eigenvalue weighted by Crippen LogP contribution is 2.33. The number of H-pyrrole nitrogens is 1. The maximum absolute atomic E-state index is 10.4. The minimum absolute atomic E-state index is 0.467. The molecule has 1 heterocycles. The van der Waals surface area contributed by atoms with Crippen LogP contribution in [0.5, 0.6) is 5.75 Å². The van der Waals surface area contributed by atoms with Crippen molar-refractivity contribution >= 4 is 51.1 Å². The summed E-state index contributed by atoms with van der Waals surface area (Å²) in [6.45, 7) is -0.491. The lowest BCUT2D eigenvalue weighted by Crippen LogP contribution is -2.29. The van der Waals surface area contributed by atoms with Crippen LogP contribution in [0.4, 0.5) is 0 Å². The second-order valence-corrected chi connectivity index (χ2v) is 4.86. The molecule has 0 unspecified atom stereocenters. The highest BCUT2D eigenvalue weighted by Gasteiger charge is 2.16. The molecule has 17 heavy (non-hydrogen) atoms. The van der Waals surface area contributed by atoms with Gasteiger partial charge in [0.05, 0.1) is 19.9 Å². The molecule has 0 radical (unpaired) electrons. The van der Waals surface area contributed by atoms with Gasteiger partial charge in [-0.15, -0.1) is 0 Å². The number of aliphatic carboxylic acids is 1. The van der Waals surface area contributed by atoms with Crippen LogP contribution in [0.25, 0.3) is 10.9 Å². The molecular weight excluding hydrogens is 356 g/mol. The molecule has 0 aliphatic rings. The lowest BCUT2D eigenvalue weighted by molar-refractivity contribution is -0.345. The number of hydrogen-bond acceptors (Lipinski definition) is 3. The smallest absolute Gasteiger partial charge is 0.255 e. The number of hydrogen-bond donors (Lipinski definition) is 0. The Labute approximate surface area is 116 Å². The molecule has 0 bridgehead atoms. The van der Waals surface area contributed by atoms with Gasteiger partial charge in [0.1, 0.15) is 6.61 Å². The summed E-state index contributed by atoms with van der Waals surface area (Å²) in [4.78, 5) is 13.4. The van der Waals surface area contributed by atoms with E-state index >= 15 is 0 Å². The molecule has 0 spiro atoms. The van der Waals surface area contributed by atoms with E-state index < -0.39 is 12.6 Å². The van der Waals surface area contributed by atoms with Gasteiger partial charge in [-0.3, -0.25) is 0 Å². The average molecular weight is 364 g/mol. The van der Waals surface area contributed by atoms with Gasteiger partial charge in [0.15, 0.2) is 6.20 Å². The molecule has 2 rings (SSSR count). The molecule has 0 atom stereocenters. The van der Waals surface area contributed by atoms with Gasteiger partial charge in [-0.05, 0) is 34.7 Å². The van der Waals surface area contributed by atoms with E-state index in [4.69, 9.17) is 16.3 Å². The fourth-order valence-corrected chi connectivity index (χ4v) is 2.66. The van der Waals surface area contributed by atoms with Gasteiger partial charge in [0, 0.05) is 6.07 Å². The molecule has 0 amide bonds. The van der Waals surface area contributed by atoms with Crippen LogP contribution in [0.15, 0.2) is 24.4 Å². The summed E-state index contributed by atoms with van der Waals surface area (Å²) in [6, 6.07) is 5.36. The highest BCUT2D eigenvalue weighted by molar-refractivity contribution is 14.1. The molecule has 0 saturated heterocycles. The summed E-state index contributed by atoms with van der Waals surface area (Å²) in [7, 11) is 0. The Hall–Kier alpha value is -1.08. The standard InChI is InChI=1S/C11H7ClINO3/c12-7-4-8(13)11(17-5-9(15)16)10-6(7)2-1-3-14-10/h1-4H,5H2,(H,15,16). The third-order valence-corrected chi connectivity index (χ3v) is 3.26.